The van der Waals surface area contributed by atoms with Crippen LogP contribution in [0.25, 0.3) is 10.9 Å². The summed E-state index contributed by atoms with van der Waals surface area (Å²) in [5, 5.41) is 8.45. The van der Waals surface area contributed by atoms with Crippen molar-refractivity contribution in [3.8, 4) is 5.75 Å². The van der Waals surface area contributed by atoms with Gasteiger partial charge in [-0.25, -0.2) is 0 Å². The van der Waals surface area contributed by atoms with Crippen molar-refractivity contribution in [2.75, 3.05) is 13.7 Å². The third kappa shape index (κ3) is 4.38. The first-order valence-electron chi connectivity index (χ1n) is 8.47. The number of aryl methyl sites for hydroxylation is 2. The van der Waals surface area contributed by atoms with Gasteiger partial charge in [0.2, 0.25) is 5.91 Å². The molecular weight excluding hydrogens is 314 g/mol. The van der Waals surface area contributed by atoms with E-state index >= 15 is 0 Å². The van der Waals surface area contributed by atoms with Crippen LogP contribution < -0.4 is 10.1 Å². The first-order valence-corrected chi connectivity index (χ1v) is 8.47. The van der Waals surface area contributed by atoms with Gasteiger partial charge in [0.25, 0.3) is 0 Å². The molecule has 3 aromatic rings. The fraction of sp³-hybridized carbons (Fsp3) is 0.300. The molecule has 1 aromatic heterocycles. The molecule has 2 aromatic carbocycles. The first-order chi connectivity index (χ1) is 12.2. The van der Waals surface area contributed by atoms with Gasteiger partial charge in [0.15, 0.2) is 0 Å². The molecule has 0 aliphatic carbocycles. The third-order valence-corrected chi connectivity index (χ3v) is 4.22. The zero-order valence-corrected chi connectivity index (χ0v) is 14.7. The molecule has 0 aliphatic heterocycles. The molecule has 0 spiro atoms. The number of benzene rings is 2. The number of carbonyl (C=O) groups excluding carboxylic acids is 1. The Kier molecular flexibility index (Phi) is 5.33. The van der Waals surface area contributed by atoms with Crippen LogP contribution in [0.15, 0.2) is 48.7 Å². The highest BCUT2D eigenvalue weighted by Gasteiger charge is 2.06. The highest BCUT2D eigenvalue weighted by atomic mass is 16.5. The van der Waals surface area contributed by atoms with Crippen LogP contribution >= 0.6 is 0 Å². The van der Waals surface area contributed by atoms with Crippen molar-refractivity contribution < 1.29 is 9.53 Å². The van der Waals surface area contributed by atoms with Crippen molar-refractivity contribution in [3.63, 3.8) is 0 Å². The molecule has 0 fully saturated rings. The van der Waals surface area contributed by atoms with Gasteiger partial charge >= 0.3 is 0 Å². The second-order valence-corrected chi connectivity index (χ2v) is 6.13. The number of amides is 1. The monoisotopic (exact) mass is 337 g/mol. The van der Waals surface area contributed by atoms with Gasteiger partial charge in [-0.1, -0.05) is 24.3 Å². The van der Waals surface area contributed by atoms with E-state index in [0.29, 0.717) is 19.5 Å². The standard InChI is InChI=1S/C20H23N3O2/c1-15-6-7-17-14-22-23(19(17)12-15)11-9-20(24)21-10-8-16-4-3-5-18(13-16)25-2/h3-7,12-14H,8-11H2,1-2H3,(H,21,24). The number of nitrogens with one attached hydrogen (secondary N) is 1. The number of hydrogen-bond acceptors (Lipinski definition) is 3. The normalized spacial score (nSPS) is 10.8. The number of carbonyl (C=O) groups is 1. The van der Waals surface area contributed by atoms with Crippen molar-refractivity contribution in [2.45, 2.75) is 26.3 Å². The lowest BCUT2D eigenvalue weighted by Gasteiger charge is -2.07. The van der Waals surface area contributed by atoms with Gasteiger partial charge in [-0.15, -0.1) is 0 Å². The molecule has 25 heavy (non-hydrogen) atoms. The van der Waals surface area contributed by atoms with Gasteiger partial charge in [-0.3, -0.25) is 9.48 Å². The van der Waals surface area contributed by atoms with Crippen molar-refractivity contribution in [1.82, 2.24) is 15.1 Å². The van der Waals surface area contributed by atoms with Crippen LogP contribution in [-0.4, -0.2) is 29.3 Å². The summed E-state index contributed by atoms with van der Waals surface area (Å²) in [7, 11) is 1.65. The zero-order valence-electron chi connectivity index (χ0n) is 14.7. The molecule has 130 valence electrons. The average molecular weight is 337 g/mol. The third-order valence-electron chi connectivity index (χ3n) is 4.22. The van der Waals surface area contributed by atoms with E-state index < -0.39 is 0 Å². The number of nitrogens with zero attached hydrogens (tertiary/aromatic N) is 2. The van der Waals surface area contributed by atoms with E-state index in [2.05, 4.69) is 35.5 Å². The number of methoxy groups -OCH3 is 1. The summed E-state index contributed by atoms with van der Waals surface area (Å²) in [6, 6.07) is 14.1. The molecule has 0 aliphatic rings. The minimum atomic E-state index is 0.0409. The molecule has 0 bridgehead atoms. The van der Waals surface area contributed by atoms with Crippen LogP contribution in [0.3, 0.4) is 0 Å². The van der Waals surface area contributed by atoms with E-state index in [4.69, 9.17) is 4.74 Å². The van der Waals surface area contributed by atoms with E-state index in [1.165, 1.54) is 5.56 Å². The van der Waals surface area contributed by atoms with Crippen LogP contribution in [0.4, 0.5) is 0 Å². The maximum Gasteiger partial charge on any atom is 0.221 e. The van der Waals surface area contributed by atoms with Crippen molar-refractivity contribution in [3.05, 3.63) is 59.8 Å². The predicted octanol–water partition coefficient (Wildman–Crippen LogP) is 3.10. The Balaban J connectivity index is 1.48. The lowest BCUT2D eigenvalue weighted by molar-refractivity contribution is -0.121. The number of rotatable bonds is 7. The Morgan fingerprint density at radius 2 is 2.12 bits per heavy atom. The van der Waals surface area contributed by atoms with Crippen molar-refractivity contribution in [2.24, 2.45) is 0 Å². The number of fused-ring (bicyclic) bond motifs is 1. The number of aromatic nitrogens is 2. The molecule has 1 amide bonds. The fourth-order valence-corrected chi connectivity index (χ4v) is 2.83. The minimum Gasteiger partial charge on any atom is -0.497 e. The molecular formula is C20H23N3O2. The Morgan fingerprint density at radius 3 is 2.96 bits per heavy atom. The van der Waals surface area contributed by atoms with Gasteiger partial charge in [0.05, 0.1) is 25.4 Å². The Bertz CT molecular complexity index is 870. The van der Waals surface area contributed by atoms with Crippen LogP contribution in [0.1, 0.15) is 17.5 Å². The average Bonchev–Trinajstić information content (AvgIpc) is 3.02. The molecule has 1 heterocycles. The van der Waals surface area contributed by atoms with Gasteiger partial charge in [-0.05, 0) is 42.7 Å². The van der Waals surface area contributed by atoms with Gasteiger partial charge in [0.1, 0.15) is 5.75 Å². The van der Waals surface area contributed by atoms with Gasteiger partial charge in [0, 0.05) is 18.4 Å². The summed E-state index contributed by atoms with van der Waals surface area (Å²) < 4.78 is 7.10. The van der Waals surface area contributed by atoms with Crippen LogP contribution in [-0.2, 0) is 17.8 Å². The smallest absolute Gasteiger partial charge is 0.221 e. The van der Waals surface area contributed by atoms with E-state index in [9.17, 15) is 4.79 Å². The second kappa shape index (κ2) is 7.83. The van der Waals surface area contributed by atoms with E-state index in [0.717, 1.165) is 28.6 Å². The Morgan fingerprint density at radius 1 is 1.24 bits per heavy atom. The number of ether oxygens (including phenoxy) is 1. The van der Waals surface area contributed by atoms with E-state index in [1.54, 1.807) is 7.11 Å². The Labute approximate surface area is 147 Å². The Hall–Kier alpha value is -2.82. The molecule has 5 nitrogen and oxygen atoms in total. The zero-order chi connectivity index (χ0) is 17.6. The lowest BCUT2D eigenvalue weighted by Crippen LogP contribution is -2.26. The molecule has 0 atom stereocenters. The quantitative estimate of drug-likeness (QED) is 0.721. The molecule has 5 heteroatoms. The van der Waals surface area contributed by atoms with Crippen LogP contribution in [0.2, 0.25) is 0 Å². The van der Waals surface area contributed by atoms with E-state index in [1.807, 2.05) is 35.1 Å². The summed E-state index contributed by atoms with van der Waals surface area (Å²) in [6.45, 7) is 3.25. The largest absolute Gasteiger partial charge is 0.497 e. The van der Waals surface area contributed by atoms with Crippen molar-refractivity contribution >= 4 is 16.8 Å². The first kappa shape index (κ1) is 17.0. The highest BCUT2D eigenvalue weighted by Crippen LogP contribution is 2.15. The van der Waals surface area contributed by atoms with Gasteiger partial charge < -0.3 is 10.1 Å². The molecule has 0 radical (unpaired) electrons. The second-order valence-electron chi connectivity index (χ2n) is 6.13. The molecule has 1 N–H and O–H groups in total. The molecule has 0 unspecified atom stereocenters. The summed E-state index contributed by atoms with van der Waals surface area (Å²) >= 11 is 0. The molecule has 0 saturated carbocycles. The topological polar surface area (TPSA) is 56.1 Å². The van der Waals surface area contributed by atoms with Crippen LogP contribution in [0, 0.1) is 6.92 Å². The lowest BCUT2D eigenvalue weighted by atomic mass is 10.1. The van der Waals surface area contributed by atoms with Crippen LogP contribution in [0.5, 0.6) is 5.75 Å². The van der Waals surface area contributed by atoms with Crippen molar-refractivity contribution in [1.29, 1.82) is 0 Å². The van der Waals surface area contributed by atoms with E-state index in [-0.39, 0.29) is 5.91 Å². The maximum atomic E-state index is 12.1. The highest BCUT2D eigenvalue weighted by molar-refractivity contribution is 5.80. The maximum absolute atomic E-state index is 12.1. The minimum absolute atomic E-state index is 0.0409. The molecule has 0 saturated heterocycles. The summed E-state index contributed by atoms with van der Waals surface area (Å²) in [4.78, 5) is 12.1. The molecule has 3 rings (SSSR count). The summed E-state index contributed by atoms with van der Waals surface area (Å²) in [5.41, 5.74) is 3.41. The number of hydrogen-bond donors (Lipinski definition) is 1. The predicted molar refractivity (Wildman–Crippen MR) is 98.8 cm³/mol. The summed E-state index contributed by atoms with van der Waals surface area (Å²) in [6.07, 6.45) is 3.05. The SMILES string of the molecule is COc1cccc(CCNC(=O)CCn2ncc3ccc(C)cc32)c1. The van der Waals surface area contributed by atoms with Gasteiger partial charge in [-0.2, -0.15) is 5.10 Å². The fourth-order valence-electron chi connectivity index (χ4n) is 2.83. The summed E-state index contributed by atoms with van der Waals surface area (Å²) in [5.74, 6) is 0.879.